The summed E-state index contributed by atoms with van der Waals surface area (Å²) >= 11 is 3.36. The van der Waals surface area contributed by atoms with Crippen molar-refractivity contribution >= 4 is 22.0 Å². The summed E-state index contributed by atoms with van der Waals surface area (Å²) in [6, 6.07) is 7.83. The van der Waals surface area contributed by atoms with Crippen LogP contribution in [0, 0.1) is 0 Å². The van der Waals surface area contributed by atoms with E-state index < -0.39 is 0 Å². The number of alkyl carbamates (subject to hydrolysis) is 1. The van der Waals surface area contributed by atoms with Crippen LogP contribution in [-0.4, -0.2) is 12.6 Å². The molecule has 1 atom stereocenters. The molecular formula is C10H10BrNO2. The first-order valence-corrected chi connectivity index (χ1v) is 5.25. The largest absolute Gasteiger partial charge is 0.441 e. The number of ether oxygens (including phenoxy) is 1. The summed E-state index contributed by atoms with van der Waals surface area (Å²) in [6.45, 7) is 0.680. The quantitative estimate of drug-likeness (QED) is 0.838. The highest BCUT2D eigenvalue weighted by Gasteiger charge is 2.20. The molecule has 0 radical (unpaired) electrons. The second-order valence-corrected chi connectivity index (χ2v) is 4.08. The molecule has 0 aliphatic carbocycles. The third kappa shape index (κ3) is 2.07. The van der Waals surface area contributed by atoms with Crippen LogP contribution in [0.3, 0.4) is 0 Å². The lowest BCUT2D eigenvalue weighted by atomic mass is 10.1. The number of hydrogen-bond acceptors (Lipinski definition) is 2. The highest BCUT2D eigenvalue weighted by atomic mass is 79.9. The number of carbonyl (C=O) groups is 1. The van der Waals surface area contributed by atoms with Crippen LogP contribution in [0.5, 0.6) is 0 Å². The average Bonchev–Trinajstić information content (AvgIpc) is 2.19. The van der Waals surface area contributed by atoms with Gasteiger partial charge >= 0.3 is 6.09 Å². The van der Waals surface area contributed by atoms with Gasteiger partial charge in [-0.3, -0.25) is 0 Å². The first kappa shape index (κ1) is 9.52. The van der Waals surface area contributed by atoms with Gasteiger partial charge in [0.05, 0.1) is 0 Å². The van der Waals surface area contributed by atoms with Crippen LogP contribution in [0.15, 0.2) is 28.7 Å². The van der Waals surface area contributed by atoms with Gasteiger partial charge in [-0.15, -0.1) is 0 Å². The van der Waals surface area contributed by atoms with Crippen LogP contribution >= 0.6 is 15.9 Å². The predicted octanol–water partition coefficient (Wildman–Crippen LogP) is 2.62. The van der Waals surface area contributed by atoms with Gasteiger partial charge in [0.1, 0.15) is 6.10 Å². The molecule has 1 saturated heterocycles. The number of nitrogens with one attached hydrogen (secondary N) is 1. The maximum absolute atomic E-state index is 11.0. The van der Waals surface area contributed by atoms with E-state index in [4.69, 9.17) is 4.74 Å². The molecule has 1 amide bonds. The molecule has 1 aliphatic heterocycles. The SMILES string of the molecule is O=C1NCCC(c2ccc(Br)cc2)O1. The molecule has 1 fully saturated rings. The molecule has 1 N–H and O–H groups in total. The smallest absolute Gasteiger partial charge is 0.407 e. The van der Waals surface area contributed by atoms with E-state index in [9.17, 15) is 4.79 Å². The molecule has 14 heavy (non-hydrogen) atoms. The summed E-state index contributed by atoms with van der Waals surface area (Å²) in [4.78, 5) is 11.0. The molecule has 0 bridgehead atoms. The molecule has 1 heterocycles. The summed E-state index contributed by atoms with van der Waals surface area (Å²) in [5, 5.41) is 2.62. The van der Waals surface area contributed by atoms with Gasteiger partial charge in [0, 0.05) is 17.4 Å². The van der Waals surface area contributed by atoms with E-state index in [-0.39, 0.29) is 12.2 Å². The highest BCUT2D eigenvalue weighted by molar-refractivity contribution is 9.10. The fourth-order valence-electron chi connectivity index (χ4n) is 1.45. The second-order valence-electron chi connectivity index (χ2n) is 3.16. The first-order valence-electron chi connectivity index (χ1n) is 4.45. The number of halogens is 1. The van der Waals surface area contributed by atoms with E-state index in [0.29, 0.717) is 6.54 Å². The summed E-state index contributed by atoms with van der Waals surface area (Å²) in [7, 11) is 0. The topological polar surface area (TPSA) is 38.3 Å². The molecule has 1 unspecified atom stereocenters. The van der Waals surface area contributed by atoms with Crippen LogP contribution in [0.1, 0.15) is 18.1 Å². The van der Waals surface area contributed by atoms with Crippen molar-refractivity contribution in [2.75, 3.05) is 6.54 Å². The molecule has 0 saturated carbocycles. The Kier molecular flexibility index (Phi) is 2.72. The Hall–Kier alpha value is -1.03. The van der Waals surface area contributed by atoms with E-state index in [1.807, 2.05) is 24.3 Å². The summed E-state index contributed by atoms with van der Waals surface area (Å²) in [5.41, 5.74) is 1.04. The number of benzene rings is 1. The van der Waals surface area contributed by atoms with Crippen molar-refractivity contribution in [2.45, 2.75) is 12.5 Å². The van der Waals surface area contributed by atoms with Crippen molar-refractivity contribution in [3.05, 3.63) is 34.3 Å². The van der Waals surface area contributed by atoms with Crippen molar-refractivity contribution in [1.29, 1.82) is 0 Å². The van der Waals surface area contributed by atoms with Crippen molar-refractivity contribution in [3.8, 4) is 0 Å². The molecule has 1 aromatic carbocycles. The molecule has 4 heteroatoms. The van der Waals surface area contributed by atoms with Crippen LogP contribution < -0.4 is 5.32 Å². The summed E-state index contributed by atoms with van der Waals surface area (Å²) < 4.78 is 6.18. The van der Waals surface area contributed by atoms with Crippen LogP contribution in [-0.2, 0) is 4.74 Å². The molecule has 1 aliphatic rings. The lowest BCUT2D eigenvalue weighted by Gasteiger charge is -2.23. The minimum Gasteiger partial charge on any atom is -0.441 e. The monoisotopic (exact) mass is 255 g/mol. The molecule has 0 spiro atoms. The van der Waals surface area contributed by atoms with E-state index in [0.717, 1.165) is 16.5 Å². The fourth-order valence-corrected chi connectivity index (χ4v) is 1.71. The molecule has 74 valence electrons. The van der Waals surface area contributed by atoms with E-state index in [2.05, 4.69) is 21.2 Å². The van der Waals surface area contributed by atoms with Crippen LogP contribution in [0.25, 0.3) is 0 Å². The molecule has 0 aromatic heterocycles. The van der Waals surface area contributed by atoms with E-state index in [1.54, 1.807) is 0 Å². The van der Waals surface area contributed by atoms with Gasteiger partial charge < -0.3 is 10.1 Å². The van der Waals surface area contributed by atoms with E-state index in [1.165, 1.54) is 0 Å². The van der Waals surface area contributed by atoms with Crippen molar-refractivity contribution < 1.29 is 9.53 Å². The summed E-state index contributed by atoms with van der Waals surface area (Å²) in [6.07, 6.45) is 0.397. The number of amides is 1. The van der Waals surface area contributed by atoms with Crippen LogP contribution in [0.2, 0.25) is 0 Å². The zero-order chi connectivity index (χ0) is 9.97. The Morgan fingerprint density at radius 2 is 2.07 bits per heavy atom. The number of hydrogen-bond donors (Lipinski definition) is 1. The maximum atomic E-state index is 11.0. The Morgan fingerprint density at radius 3 is 2.71 bits per heavy atom. The zero-order valence-corrected chi connectivity index (χ0v) is 9.08. The molecular weight excluding hydrogens is 246 g/mol. The highest BCUT2D eigenvalue weighted by Crippen LogP contribution is 2.24. The first-order chi connectivity index (χ1) is 6.75. The average molecular weight is 256 g/mol. The zero-order valence-electron chi connectivity index (χ0n) is 7.50. The molecule has 3 nitrogen and oxygen atoms in total. The number of rotatable bonds is 1. The normalized spacial score (nSPS) is 21.2. The second kappa shape index (κ2) is 4.00. The van der Waals surface area contributed by atoms with Crippen molar-refractivity contribution in [3.63, 3.8) is 0 Å². The summed E-state index contributed by atoms with van der Waals surface area (Å²) in [5.74, 6) is 0. The lowest BCUT2D eigenvalue weighted by molar-refractivity contribution is 0.0739. The Bertz CT molecular complexity index is 336. The van der Waals surface area contributed by atoms with Crippen molar-refractivity contribution in [1.82, 2.24) is 5.32 Å². The van der Waals surface area contributed by atoms with Gasteiger partial charge in [-0.25, -0.2) is 4.79 Å². The Labute approximate surface area is 90.6 Å². The Balaban J connectivity index is 2.14. The Morgan fingerprint density at radius 1 is 1.36 bits per heavy atom. The number of carbonyl (C=O) groups excluding carboxylic acids is 1. The van der Waals surface area contributed by atoms with Gasteiger partial charge in [-0.2, -0.15) is 0 Å². The maximum Gasteiger partial charge on any atom is 0.407 e. The minimum absolute atomic E-state index is 0.100. The third-order valence-corrected chi connectivity index (χ3v) is 2.70. The van der Waals surface area contributed by atoms with Gasteiger partial charge in [-0.05, 0) is 17.7 Å². The molecule has 2 rings (SSSR count). The van der Waals surface area contributed by atoms with Gasteiger partial charge in [0.2, 0.25) is 0 Å². The van der Waals surface area contributed by atoms with Gasteiger partial charge in [0.25, 0.3) is 0 Å². The third-order valence-electron chi connectivity index (χ3n) is 2.17. The van der Waals surface area contributed by atoms with Crippen molar-refractivity contribution in [2.24, 2.45) is 0 Å². The predicted molar refractivity (Wildman–Crippen MR) is 56.0 cm³/mol. The molecule has 1 aromatic rings. The van der Waals surface area contributed by atoms with Gasteiger partial charge in [0.15, 0.2) is 0 Å². The lowest BCUT2D eigenvalue weighted by Crippen LogP contribution is -2.33. The van der Waals surface area contributed by atoms with E-state index >= 15 is 0 Å². The van der Waals surface area contributed by atoms with Crippen LogP contribution in [0.4, 0.5) is 4.79 Å². The fraction of sp³-hybridized carbons (Fsp3) is 0.300. The van der Waals surface area contributed by atoms with Gasteiger partial charge in [-0.1, -0.05) is 28.1 Å². The standard InChI is InChI=1S/C10H10BrNO2/c11-8-3-1-7(2-4-8)9-5-6-12-10(13)14-9/h1-4,9H,5-6H2,(H,12,13). The minimum atomic E-state index is -0.329. The number of cyclic esters (lactones) is 1.